The highest BCUT2D eigenvalue weighted by Gasteiger charge is 2.14. The van der Waals surface area contributed by atoms with Gasteiger partial charge in [0.2, 0.25) is 5.91 Å². The van der Waals surface area contributed by atoms with Gasteiger partial charge < -0.3 is 14.8 Å². The Bertz CT molecular complexity index is 1230. The van der Waals surface area contributed by atoms with Crippen LogP contribution in [0.15, 0.2) is 35.7 Å². The average Bonchev–Trinajstić information content (AvgIpc) is 3.34. The number of aryl methyl sites for hydroxylation is 2. The summed E-state index contributed by atoms with van der Waals surface area (Å²) < 4.78 is 11.7. The Balaban J connectivity index is 1.47. The van der Waals surface area contributed by atoms with Crippen molar-refractivity contribution in [2.24, 2.45) is 0 Å². The van der Waals surface area contributed by atoms with Crippen LogP contribution in [0.4, 0.5) is 5.13 Å². The lowest BCUT2D eigenvalue weighted by Gasteiger charge is -2.08. The first-order valence-electron chi connectivity index (χ1n) is 9.31. The molecule has 8 heteroatoms. The Morgan fingerprint density at radius 2 is 1.87 bits per heavy atom. The minimum absolute atomic E-state index is 0.132. The van der Waals surface area contributed by atoms with Gasteiger partial charge in [-0.1, -0.05) is 17.4 Å². The number of aromatic nitrogens is 2. The summed E-state index contributed by atoms with van der Waals surface area (Å²) in [6.45, 7) is 4.09. The zero-order chi connectivity index (χ0) is 21.3. The molecule has 0 radical (unpaired) electrons. The monoisotopic (exact) mass is 439 g/mol. The van der Waals surface area contributed by atoms with Crippen molar-refractivity contribution in [2.75, 3.05) is 19.5 Å². The van der Waals surface area contributed by atoms with Crippen LogP contribution in [-0.2, 0) is 11.2 Å². The number of amides is 1. The standard InChI is InChI=1S/C22H21N3O3S2/c1-12-7-13(2)20-18(8-12)30-22(25-20)24-19(26)10-15-11-29-21(23-15)14-5-6-16(27-3)17(9-14)28-4/h5-9,11H,10H2,1-4H3,(H,24,25,26). The van der Waals surface area contributed by atoms with Crippen molar-refractivity contribution in [3.05, 3.63) is 52.5 Å². The van der Waals surface area contributed by atoms with Crippen LogP contribution in [0.2, 0.25) is 0 Å². The molecule has 0 unspecified atom stereocenters. The van der Waals surface area contributed by atoms with Gasteiger partial charge in [0, 0.05) is 10.9 Å². The SMILES string of the molecule is COc1ccc(-c2nc(CC(=O)Nc3nc4c(C)cc(C)cc4s3)cs2)cc1OC. The Labute approximate surface area is 182 Å². The maximum Gasteiger partial charge on any atom is 0.232 e. The quantitative estimate of drug-likeness (QED) is 0.445. The topological polar surface area (TPSA) is 73.3 Å². The Kier molecular flexibility index (Phi) is 5.69. The molecule has 0 aliphatic rings. The summed E-state index contributed by atoms with van der Waals surface area (Å²) in [7, 11) is 3.20. The fourth-order valence-corrected chi connectivity index (χ4v) is 5.12. The average molecular weight is 440 g/mol. The summed E-state index contributed by atoms with van der Waals surface area (Å²) in [6, 6.07) is 9.84. The van der Waals surface area contributed by atoms with E-state index in [0.29, 0.717) is 16.6 Å². The van der Waals surface area contributed by atoms with E-state index >= 15 is 0 Å². The first kappa shape index (κ1) is 20.3. The van der Waals surface area contributed by atoms with Crippen LogP contribution in [-0.4, -0.2) is 30.1 Å². The zero-order valence-corrected chi connectivity index (χ0v) is 18.7. The molecule has 1 N–H and O–H groups in total. The number of hydrogen-bond acceptors (Lipinski definition) is 7. The smallest absolute Gasteiger partial charge is 0.232 e. The molecule has 0 aliphatic heterocycles. The van der Waals surface area contributed by atoms with Gasteiger partial charge in [-0.3, -0.25) is 4.79 Å². The summed E-state index contributed by atoms with van der Waals surface area (Å²) in [5.74, 6) is 1.18. The molecule has 0 saturated heterocycles. The molecule has 4 aromatic rings. The number of thiazole rings is 2. The lowest BCUT2D eigenvalue weighted by Crippen LogP contribution is -2.14. The van der Waals surface area contributed by atoms with E-state index in [1.165, 1.54) is 28.2 Å². The molecule has 1 amide bonds. The van der Waals surface area contributed by atoms with E-state index in [9.17, 15) is 4.79 Å². The number of carbonyl (C=O) groups is 1. The van der Waals surface area contributed by atoms with Crippen molar-refractivity contribution in [1.82, 2.24) is 9.97 Å². The van der Waals surface area contributed by atoms with E-state index < -0.39 is 0 Å². The van der Waals surface area contributed by atoms with Crippen LogP contribution in [0.3, 0.4) is 0 Å². The van der Waals surface area contributed by atoms with E-state index in [1.54, 1.807) is 14.2 Å². The van der Waals surface area contributed by atoms with Gasteiger partial charge in [0.1, 0.15) is 5.01 Å². The molecule has 0 bridgehead atoms. The van der Waals surface area contributed by atoms with Crippen molar-refractivity contribution in [3.63, 3.8) is 0 Å². The van der Waals surface area contributed by atoms with Crippen molar-refractivity contribution in [1.29, 1.82) is 0 Å². The van der Waals surface area contributed by atoms with Crippen LogP contribution in [0.1, 0.15) is 16.8 Å². The van der Waals surface area contributed by atoms with Crippen molar-refractivity contribution in [3.8, 4) is 22.1 Å². The zero-order valence-electron chi connectivity index (χ0n) is 17.1. The molecule has 0 saturated carbocycles. The predicted molar refractivity (Wildman–Crippen MR) is 122 cm³/mol. The van der Waals surface area contributed by atoms with Crippen LogP contribution in [0, 0.1) is 13.8 Å². The second-order valence-electron chi connectivity index (χ2n) is 6.89. The van der Waals surface area contributed by atoms with Crippen LogP contribution in [0.25, 0.3) is 20.8 Å². The van der Waals surface area contributed by atoms with E-state index in [1.807, 2.05) is 30.5 Å². The molecule has 0 fully saturated rings. The number of rotatable bonds is 6. The molecule has 6 nitrogen and oxygen atoms in total. The van der Waals surface area contributed by atoms with E-state index in [-0.39, 0.29) is 12.3 Å². The maximum atomic E-state index is 12.5. The number of ether oxygens (including phenoxy) is 2. The Hall–Kier alpha value is -2.97. The van der Waals surface area contributed by atoms with Crippen molar-refractivity contribution >= 4 is 43.9 Å². The number of anilines is 1. The summed E-state index contributed by atoms with van der Waals surface area (Å²) in [5.41, 5.74) is 4.87. The van der Waals surface area contributed by atoms with Crippen molar-refractivity contribution in [2.45, 2.75) is 20.3 Å². The van der Waals surface area contributed by atoms with Gasteiger partial charge in [0.05, 0.1) is 36.6 Å². The van der Waals surface area contributed by atoms with Crippen LogP contribution in [0.5, 0.6) is 11.5 Å². The molecule has 4 rings (SSSR count). The van der Waals surface area contributed by atoms with Crippen molar-refractivity contribution < 1.29 is 14.3 Å². The number of methoxy groups -OCH3 is 2. The van der Waals surface area contributed by atoms with Gasteiger partial charge in [-0.25, -0.2) is 9.97 Å². The predicted octanol–water partition coefficient (Wildman–Crippen LogP) is 5.24. The Morgan fingerprint density at radius 3 is 2.63 bits per heavy atom. The third kappa shape index (κ3) is 4.15. The third-order valence-electron chi connectivity index (χ3n) is 4.60. The molecule has 2 heterocycles. The fourth-order valence-electron chi connectivity index (χ4n) is 3.24. The second kappa shape index (κ2) is 8.41. The minimum Gasteiger partial charge on any atom is -0.493 e. The molecule has 0 spiro atoms. The molecule has 2 aromatic carbocycles. The summed E-state index contributed by atoms with van der Waals surface area (Å²) in [4.78, 5) is 21.7. The van der Waals surface area contributed by atoms with Crippen LogP contribution < -0.4 is 14.8 Å². The highest BCUT2D eigenvalue weighted by atomic mass is 32.1. The van der Waals surface area contributed by atoms with E-state index in [2.05, 4.69) is 34.3 Å². The third-order valence-corrected chi connectivity index (χ3v) is 6.46. The summed E-state index contributed by atoms with van der Waals surface area (Å²) in [5, 5.41) is 6.24. The fraction of sp³-hybridized carbons (Fsp3) is 0.227. The normalized spacial score (nSPS) is 10.9. The summed E-state index contributed by atoms with van der Waals surface area (Å²) >= 11 is 2.98. The largest absolute Gasteiger partial charge is 0.493 e. The highest BCUT2D eigenvalue weighted by Crippen LogP contribution is 2.34. The molecule has 0 aliphatic carbocycles. The number of nitrogens with one attached hydrogen (secondary N) is 1. The molecule has 30 heavy (non-hydrogen) atoms. The second-order valence-corrected chi connectivity index (χ2v) is 8.78. The highest BCUT2D eigenvalue weighted by molar-refractivity contribution is 7.22. The van der Waals surface area contributed by atoms with Gasteiger partial charge in [-0.2, -0.15) is 0 Å². The van der Waals surface area contributed by atoms with Gasteiger partial charge in [0.15, 0.2) is 16.6 Å². The number of carbonyl (C=O) groups excluding carboxylic acids is 1. The number of benzene rings is 2. The lowest BCUT2D eigenvalue weighted by molar-refractivity contribution is -0.115. The minimum atomic E-state index is -0.132. The number of hydrogen-bond donors (Lipinski definition) is 1. The van der Waals surface area contributed by atoms with E-state index in [4.69, 9.17) is 9.47 Å². The first-order chi connectivity index (χ1) is 14.5. The molecule has 0 atom stereocenters. The van der Waals surface area contributed by atoms with Gasteiger partial charge in [0.25, 0.3) is 0 Å². The van der Waals surface area contributed by atoms with Gasteiger partial charge in [-0.05, 0) is 49.2 Å². The van der Waals surface area contributed by atoms with Gasteiger partial charge >= 0.3 is 0 Å². The number of nitrogens with zero attached hydrogens (tertiary/aromatic N) is 2. The van der Waals surface area contributed by atoms with Gasteiger partial charge in [-0.15, -0.1) is 11.3 Å². The van der Waals surface area contributed by atoms with E-state index in [0.717, 1.165) is 32.0 Å². The molecule has 2 aromatic heterocycles. The maximum absolute atomic E-state index is 12.5. The Morgan fingerprint density at radius 1 is 1.07 bits per heavy atom. The summed E-state index contributed by atoms with van der Waals surface area (Å²) in [6.07, 6.45) is 0.192. The molecule has 154 valence electrons. The first-order valence-corrected chi connectivity index (χ1v) is 11.0. The molecular weight excluding hydrogens is 418 g/mol. The molecular formula is C22H21N3O3S2. The van der Waals surface area contributed by atoms with Crippen LogP contribution >= 0.6 is 22.7 Å². The lowest BCUT2D eigenvalue weighted by atomic mass is 10.1. The number of fused-ring (bicyclic) bond motifs is 1.